The van der Waals surface area contributed by atoms with Crippen molar-refractivity contribution in [2.24, 2.45) is 0 Å². The minimum atomic E-state index is 0.432. The van der Waals surface area contributed by atoms with Gasteiger partial charge in [-0.15, -0.1) is 0 Å². The van der Waals surface area contributed by atoms with Crippen LogP contribution >= 0.6 is 0 Å². The van der Waals surface area contributed by atoms with Crippen LogP contribution in [0, 0.1) is 0 Å². The maximum Gasteiger partial charge on any atom is 0.213 e. The topological polar surface area (TPSA) is 127 Å². The molecule has 0 fully saturated rings. The van der Waals surface area contributed by atoms with Gasteiger partial charge in [0.25, 0.3) is 0 Å². The molecule has 0 aliphatic heterocycles. The molecule has 0 rings (SSSR count). The molecule has 222 valence electrons. The van der Waals surface area contributed by atoms with Gasteiger partial charge in [0.1, 0.15) is 0 Å². The molecule has 0 aromatic heterocycles. The molecule has 0 unspecified atom stereocenters. The molecule has 39 heavy (non-hydrogen) atoms. The van der Waals surface area contributed by atoms with Crippen LogP contribution < -0.4 is 0 Å². The molecular formula is C26H44N4O9. The maximum atomic E-state index is 10.4. The fourth-order valence-electron chi connectivity index (χ4n) is 2.29. The third-order valence-electron chi connectivity index (χ3n) is 4.57. The highest BCUT2D eigenvalue weighted by Gasteiger charge is 1.99. The van der Waals surface area contributed by atoms with E-state index in [2.05, 4.69) is 26.3 Å². The highest BCUT2D eigenvalue weighted by Crippen LogP contribution is 1.88. The monoisotopic (exact) mass is 556 g/mol. The van der Waals surface area contributed by atoms with E-state index in [0.717, 1.165) is 0 Å². The zero-order valence-electron chi connectivity index (χ0n) is 22.8. The Morgan fingerprint density at radius 2 is 0.538 bits per heavy atom. The van der Waals surface area contributed by atoms with Crippen LogP contribution in [0.3, 0.4) is 0 Å². The first-order valence-corrected chi connectivity index (χ1v) is 12.3. The predicted octanol–water partition coefficient (Wildman–Crippen LogP) is 0.463. The minimum Gasteiger partial charge on any atom is -0.377 e. The van der Waals surface area contributed by atoms with Crippen LogP contribution in [-0.4, -0.2) is 137 Å². The van der Waals surface area contributed by atoms with Crippen molar-refractivity contribution in [3.05, 3.63) is 51.1 Å². The summed E-state index contributed by atoms with van der Waals surface area (Å²) in [6.07, 6.45) is 8.55. The Kier molecular flexibility index (Phi) is 29.9. The lowest BCUT2D eigenvalue weighted by Crippen LogP contribution is -2.22. The second-order valence-electron chi connectivity index (χ2n) is 7.17. The molecule has 0 aromatic carbocycles. The number of carbonyl (C=O) groups excluding carboxylic acids is 4. The van der Waals surface area contributed by atoms with Gasteiger partial charge in [-0.1, -0.05) is 26.3 Å². The minimum absolute atomic E-state index is 0.432. The molecule has 0 atom stereocenters. The van der Waals surface area contributed by atoms with Crippen LogP contribution in [0.1, 0.15) is 0 Å². The van der Waals surface area contributed by atoms with Crippen LogP contribution in [0.2, 0.25) is 0 Å². The predicted molar refractivity (Wildman–Crippen MR) is 146 cm³/mol. The smallest absolute Gasteiger partial charge is 0.213 e. The zero-order chi connectivity index (χ0) is 29.4. The normalized spacial score (nSPS) is 9.74. The summed E-state index contributed by atoms with van der Waals surface area (Å²) >= 11 is 0. The molecule has 4 amide bonds. The zero-order valence-corrected chi connectivity index (χ0v) is 22.8. The Morgan fingerprint density at radius 1 is 0.359 bits per heavy atom. The Labute approximate surface area is 231 Å². The Bertz CT molecular complexity index is 581. The third kappa shape index (κ3) is 26.0. The molecule has 0 N–H and O–H groups in total. The van der Waals surface area contributed by atoms with Crippen molar-refractivity contribution in [2.45, 2.75) is 0 Å². The number of hydrogen-bond donors (Lipinski definition) is 0. The molecule has 0 saturated heterocycles. The first-order chi connectivity index (χ1) is 19.1. The number of ether oxygens (including phenoxy) is 5. The summed E-state index contributed by atoms with van der Waals surface area (Å²) in [6.45, 7) is 20.3. The largest absolute Gasteiger partial charge is 0.377 e. The summed E-state index contributed by atoms with van der Waals surface area (Å²) in [6, 6.07) is 0. The van der Waals surface area contributed by atoms with Gasteiger partial charge in [-0.3, -0.25) is 19.2 Å². The summed E-state index contributed by atoms with van der Waals surface area (Å²) in [5.74, 6) is 0. The van der Waals surface area contributed by atoms with Gasteiger partial charge in [-0.2, -0.15) is 0 Å². The molecule has 13 heteroatoms. The van der Waals surface area contributed by atoms with E-state index in [-0.39, 0.29) is 0 Å². The first kappa shape index (κ1) is 37.8. The van der Waals surface area contributed by atoms with Crippen molar-refractivity contribution in [2.75, 3.05) is 92.2 Å². The van der Waals surface area contributed by atoms with E-state index in [1.165, 1.54) is 44.4 Å². The number of rotatable bonds is 29. The molecule has 0 saturated carbocycles. The van der Waals surface area contributed by atoms with Crippen molar-refractivity contribution in [3.8, 4) is 0 Å². The van der Waals surface area contributed by atoms with Gasteiger partial charge in [-0.05, 0) is 24.8 Å². The van der Waals surface area contributed by atoms with Crippen molar-refractivity contribution >= 4 is 25.6 Å². The second kappa shape index (κ2) is 30.9. The Morgan fingerprint density at radius 3 is 0.692 bits per heavy atom. The molecule has 0 spiro atoms. The van der Waals surface area contributed by atoms with Crippen LogP contribution in [0.5, 0.6) is 0 Å². The van der Waals surface area contributed by atoms with E-state index in [0.29, 0.717) is 118 Å². The number of nitrogens with zero attached hydrogens (tertiary/aromatic N) is 4. The van der Waals surface area contributed by atoms with Crippen LogP contribution in [0.15, 0.2) is 51.1 Å². The van der Waals surface area contributed by atoms with Gasteiger partial charge in [0.2, 0.25) is 25.6 Å². The van der Waals surface area contributed by atoms with Gasteiger partial charge in [-0.25, -0.2) is 0 Å². The van der Waals surface area contributed by atoms with Crippen LogP contribution in [-0.2, 0) is 42.9 Å². The molecule has 0 aliphatic carbocycles. The lowest BCUT2D eigenvalue weighted by Gasteiger charge is -2.13. The lowest BCUT2D eigenvalue weighted by atomic mass is 10.6. The van der Waals surface area contributed by atoms with E-state index >= 15 is 0 Å². The Balaban J connectivity index is 0. The standard InChI is InChI=1S/C14H24N2O5.C12H20N2O4/c1-3-15(13-17)5-7-19-9-11-21-12-10-20-8-6-16(4-2)14-18;1-3-13(11-15)5-7-17-9-10-18-8-6-14(4-2)12-16/h3-4,13-14H,1-2,5-12H2;3-4,11-12H,1-2,5-10H2. The van der Waals surface area contributed by atoms with Gasteiger partial charge in [0.15, 0.2) is 0 Å². The molecule has 0 aliphatic rings. The molecule has 0 radical (unpaired) electrons. The van der Waals surface area contributed by atoms with E-state index in [4.69, 9.17) is 23.7 Å². The highest BCUT2D eigenvalue weighted by atomic mass is 16.5. The van der Waals surface area contributed by atoms with Gasteiger partial charge >= 0.3 is 0 Å². The molecular weight excluding hydrogens is 512 g/mol. The Hall–Kier alpha value is -3.36. The van der Waals surface area contributed by atoms with Crippen molar-refractivity contribution in [1.82, 2.24) is 19.6 Å². The molecule has 13 nitrogen and oxygen atoms in total. The van der Waals surface area contributed by atoms with E-state index in [1.807, 2.05) is 0 Å². The van der Waals surface area contributed by atoms with Crippen molar-refractivity contribution in [3.63, 3.8) is 0 Å². The molecule has 0 aromatic rings. The van der Waals surface area contributed by atoms with E-state index < -0.39 is 0 Å². The summed E-state index contributed by atoms with van der Waals surface area (Å²) in [4.78, 5) is 47.3. The summed E-state index contributed by atoms with van der Waals surface area (Å²) in [5, 5.41) is 0. The van der Waals surface area contributed by atoms with Crippen LogP contribution in [0.25, 0.3) is 0 Å². The highest BCUT2D eigenvalue weighted by molar-refractivity contribution is 5.49. The quantitative estimate of drug-likeness (QED) is 0.0954. The number of carbonyl (C=O) groups is 4. The van der Waals surface area contributed by atoms with Gasteiger partial charge in [0.05, 0.1) is 66.1 Å². The number of hydrogen-bond acceptors (Lipinski definition) is 9. The summed E-state index contributed by atoms with van der Waals surface area (Å²) < 4.78 is 26.4. The van der Waals surface area contributed by atoms with Crippen LogP contribution in [0.4, 0.5) is 0 Å². The maximum absolute atomic E-state index is 10.4. The van der Waals surface area contributed by atoms with E-state index in [1.54, 1.807) is 0 Å². The van der Waals surface area contributed by atoms with E-state index in [9.17, 15) is 19.2 Å². The molecule has 0 heterocycles. The van der Waals surface area contributed by atoms with Crippen molar-refractivity contribution in [1.29, 1.82) is 0 Å². The first-order valence-electron chi connectivity index (χ1n) is 12.3. The average molecular weight is 557 g/mol. The van der Waals surface area contributed by atoms with Gasteiger partial charge < -0.3 is 43.3 Å². The molecule has 0 bridgehead atoms. The second-order valence-corrected chi connectivity index (χ2v) is 7.17. The fraction of sp³-hybridized carbons (Fsp3) is 0.538. The average Bonchev–Trinajstić information content (AvgIpc) is 2.97. The fourth-order valence-corrected chi connectivity index (χ4v) is 2.29. The SMILES string of the molecule is C=CN(C=O)CCOCCOCCN(C=C)C=O.C=CN(C=O)CCOCCOCCOCCN(C=C)C=O. The number of amides is 4. The summed E-state index contributed by atoms with van der Waals surface area (Å²) in [5.41, 5.74) is 0. The summed E-state index contributed by atoms with van der Waals surface area (Å²) in [7, 11) is 0. The third-order valence-corrected chi connectivity index (χ3v) is 4.57. The van der Waals surface area contributed by atoms with Gasteiger partial charge in [0, 0.05) is 26.2 Å². The lowest BCUT2D eigenvalue weighted by molar-refractivity contribution is -0.117. The van der Waals surface area contributed by atoms with Crippen molar-refractivity contribution < 1.29 is 42.9 Å².